The zero-order chi connectivity index (χ0) is 17.7. The van der Waals surface area contributed by atoms with Gasteiger partial charge in [-0.3, -0.25) is 9.59 Å². The van der Waals surface area contributed by atoms with E-state index in [9.17, 15) is 9.59 Å². The van der Waals surface area contributed by atoms with E-state index < -0.39 is 0 Å². The van der Waals surface area contributed by atoms with Gasteiger partial charge in [0.05, 0.1) is 0 Å². The second-order valence-corrected chi connectivity index (χ2v) is 7.22. The molecule has 0 radical (unpaired) electrons. The Kier molecular flexibility index (Phi) is 5.83. The third kappa shape index (κ3) is 4.96. The number of hydrogen-bond donors (Lipinski definition) is 2. The van der Waals surface area contributed by atoms with Crippen LogP contribution in [0.5, 0.6) is 0 Å². The maximum Gasteiger partial charge on any atom is 0.287 e. The largest absolute Gasteiger partial charge is 0.444 e. The summed E-state index contributed by atoms with van der Waals surface area (Å²) in [4.78, 5) is 23.8. The summed E-state index contributed by atoms with van der Waals surface area (Å²) in [6.07, 6.45) is 0. The first kappa shape index (κ1) is 18.3. The molecule has 2 rings (SSSR count). The smallest absolute Gasteiger partial charge is 0.287 e. The van der Waals surface area contributed by atoms with Gasteiger partial charge in [0.2, 0.25) is 0 Å². The van der Waals surface area contributed by atoms with Gasteiger partial charge in [-0.25, -0.2) is 0 Å². The summed E-state index contributed by atoms with van der Waals surface area (Å²) in [5, 5.41) is 5.46. The van der Waals surface area contributed by atoms with Crippen molar-refractivity contribution in [3.8, 4) is 0 Å². The summed E-state index contributed by atoms with van der Waals surface area (Å²) in [5.74, 6) is -0.249. The minimum atomic E-state index is -0.315. The minimum Gasteiger partial charge on any atom is -0.444 e. The van der Waals surface area contributed by atoms with Crippen molar-refractivity contribution in [3.05, 3.63) is 58.0 Å². The Morgan fingerprint density at radius 2 is 1.54 bits per heavy atom. The predicted molar refractivity (Wildman–Crippen MR) is 96.2 cm³/mol. The topological polar surface area (TPSA) is 71.3 Å². The molecule has 1 aromatic carbocycles. The minimum absolute atomic E-state index is 0.0557. The molecule has 0 aliphatic rings. The first-order valence-electron chi connectivity index (χ1n) is 7.69. The molecule has 0 unspecified atom stereocenters. The second-order valence-electron chi connectivity index (χ2n) is 6.44. The number of carbonyl (C=O) groups is 2. The lowest BCUT2D eigenvalue weighted by molar-refractivity contribution is 0.0909. The van der Waals surface area contributed by atoms with Crippen LogP contribution in [0.15, 0.2) is 45.5 Å². The summed E-state index contributed by atoms with van der Waals surface area (Å²) < 4.78 is 5.65. The van der Waals surface area contributed by atoms with Gasteiger partial charge >= 0.3 is 0 Å². The van der Waals surface area contributed by atoms with Gasteiger partial charge in [0, 0.05) is 18.7 Å². The average Bonchev–Trinajstić information content (AvgIpc) is 2.97. The molecule has 24 heavy (non-hydrogen) atoms. The number of amides is 2. The van der Waals surface area contributed by atoms with Gasteiger partial charge in [-0.2, -0.15) is 0 Å². The quantitative estimate of drug-likeness (QED) is 0.764. The van der Waals surface area contributed by atoms with Crippen molar-refractivity contribution in [3.63, 3.8) is 0 Å². The number of rotatable bonds is 5. The van der Waals surface area contributed by atoms with Crippen LogP contribution in [0.25, 0.3) is 0 Å². The average molecular weight is 393 g/mol. The molecule has 1 aromatic heterocycles. The van der Waals surface area contributed by atoms with Crippen LogP contribution in [-0.2, 0) is 5.41 Å². The SMILES string of the molecule is CC(C)(C)c1ccc(C(=O)NCCNC(=O)c2ccc(Br)o2)cc1. The molecule has 1 heterocycles. The number of nitrogens with one attached hydrogen (secondary N) is 2. The van der Waals surface area contributed by atoms with E-state index >= 15 is 0 Å². The highest BCUT2D eigenvalue weighted by molar-refractivity contribution is 9.10. The Morgan fingerprint density at radius 1 is 0.958 bits per heavy atom. The first-order valence-corrected chi connectivity index (χ1v) is 8.49. The van der Waals surface area contributed by atoms with Crippen molar-refractivity contribution in [2.75, 3.05) is 13.1 Å². The van der Waals surface area contributed by atoms with E-state index in [2.05, 4.69) is 47.3 Å². The standard InChI is InChI=1S/C18H21BrN2O3/c1-18(2,3)13-6-4-12(5-7-13)16(22)20-10-11-21-17(23)14-8-9-15(19)24-14/h4-9H,10-11H2,1-3H3,(H,20,22)(H,21,23). The number of benzene rings is 1. The van der Waals surface area contributed by atoms with Gasteiger partial charge in [0.15, 0.2) is 10.4 Å². The normalized spacial score (nSPS) is 11.2. The lowest BCUT2D eigenvalue weighted by Crippen LogP contribution is -2.34. The van der Waals surface area contributed by atoms with Crippen LogP contribution in [0.3, 0.4) is 0 Å². The van der Waals surface area contributed by atoms with Gasteiger partial charge in [-0.15, -0.1) is 0 Å². The first-order chi connectivity index (χ1) is 11.3. The highest BCUT2D eigenvalue weighted by Crippen LogP contribution is 2.22. The lowest BCUT2D eigenvalue weighted by Gasteiger charge is -2.19. The fourth-order valence-electron chi connectivity index (χ4n) is 2.10. The summed E-state index contributed by atoms with van der Waals surface area (Å²) >= 11 is 3.14. The second kappa shape index (κ2) is 7.66. The van der Waals surface area contributed by atoms with Crippen molar-refractivity contribution >= 4 is 27.7 Å². The number of carbonyl (C=O) groups excluding carboxylic acids is 2. The van der Waals surface area contributed by atoms with Crippen LogP contribution < -0.4 is 10.6 Å². The van der Waals surface area contributed by atoms with Gasteiger partial charge in [0.1, 0.15) is 0 Å². The predicted octanol–water partition coefficient (Wildman–Crippen LogP) is 3.50. The molecule has 5 nitrogen and oxygen atoms in total. The number of hydrogen-bond acceptors (Lipinski definition) is 3. The molecule has 0 aliphatic carbocycles. The van der Waals surface area contributed by atoms with Crippen LogP contribution >= 0.6 is 15.9 Å². The zero-order valence-corrected chi connectivity index (χ0v) is 15.6. The third-order valence-electron chi connectivity index (χ3n) is 3.51. The van der Waals surface area contributed by atoms with Crippen LogP contribution in [0.4, 0.5) is 0 Å². The van der Waals surface area contributed by atoms with E-state index in [1.165, 1.54) is 5.56 Å². The zero-order valence-electron chi connectivity index (χ0n) is 14.0. The Morgan fingerprint density at radius 3 is 2.04 bits per heavy atom. The highest BCUT2D eigenvalue weighted by Gasteiger charge is 2.14. The molecular formula is C18H21BrN2O3. The van der Waals surface area contributed by atoms with Gasteiger partial charge < -0.3 is 15.1 Å². The molecule has 0 saturated heterocycles. The molecule has 128 valence electrons. The molecule has 0 aliphatic heterocycles. The highest BCUT2D eigenvalue weighted by atomic mass is 79.9. The van der Waals surface area contributed by atoms with E-state index in [0.29, 0.717) is 23.3 Å². The molecule has 0 spiro atoms. The molecule has 0 bridgehead atoms. The van der Waals surface area contributed by atoms with E-state index in [4.69, 9.17) is 4.42 Å². The van der Waals surface area contributed by atoms with Gasteiger partial charge in [0.25, 0.3) is 11.8 Å². The van der Waals surface area contributed by atoms with Crippen molar-refractivity contribution < 1.29 is 14.0 Å². The molecule has 0 saturated carbocycles. The Hall–Kier alpha value is -2.08. The van der Waals surface area contributed by atoms with E-state index in [1.54, 1.807) is 12.1 Å². The summed E-state index contributed by atoms with van der Waals surface area (Å²) in [6, 6.07) is 10.8. The molecule has 0 fully saturated rings. The van der Waals surface area contributed by atoms with E-state index in [-0.39, 0.29) is 23.0 Å². The third-order valence-corrected chi connectivity index (χ3v) is 3.93. The summed E-state index contributed by atoms with van der Waals surface area (Å²) in [7, 11) is 0. The summed E-state index contributed by atoms with van der Waals surface area (Å²) in [5.41, 5.74) is 1.83. The molecule has 2 aromatic rings. The molecular weight excluding hydrogens is 372 g/mol. The van der Waals surface area contributed by atoms with Crippen LogP contribution in [0.1, 0.15) is 47.2 Å². The maximum absolute atomic E-state index is 12.1. The molecule has 0 atom stereocenters. The fraction of sp³-hybridized carbons (Fsp3) is 0.333. The van der Waals surface area contributed by atoms with E-state index in [0.717, 1.165) is 0 Å². The Bertz CT molecular complexity index is 715. The number of halogens is 1. The maximum atomic E-state index is 12.1. The molecule has 2 N–H and O–H groups in total. The summed E-state index contributed by atoms with van der Waals surface area (Å²) in [6.45, 7) is 7.05. The van der Waals surface area contributed by atoms with Gasteiger partial charge in [-0.1, -0.05) is 32.9 Å². The molecule has 6 heteroatoms. The van der Waals surface area contributed by atoms with Gasteiger partial charge in [-0.05, 0) is 51.2 Å². The monoisotopic (exact) mass is 392 g/mol. The fourth-order valence-corrected chi connectivity index (χ4v) is 2.41. The Balaban J connectivity index is 1.78. The van der Waals surface area contributed by atoms with E-state index in [1.807, 2.05) is 24.3 Å². The lowest BCUT2D eigenvalue weighted by atomic mass is 9.87. The molecule has 2 amide bonds. The number of furan rings is 1. The van der Waals surface area contributed by atoms with Crippen LogP contribution in [-0.4, -0.2) is 24.9 Å². The van der Waals surface area contributed by atoms with Crippen molar-refractivity contribution in [2.45, 2.75) is 26.2 Å². The van der Waals surface area contributed by atoms with Crippen molar-refractivity contribution in [1.29, 1.82) is 0 Å². The van der Waals surface area contributed by atoms with Crippen LogP contribution in [0, 0.1) is 0 Å². The van der Waals surface area contributed by atoms with Crippen molar-refractivity contribution in [1.82, 2.24) is 10.6 Å². The Labute approximate surface area is 149 Å². The van der Waals surface area contributed by atoms with Crippen molar-refractivity contribution in [2.24, 2.45) is 0 Å². The van der Waals surface area contributed by atoms with Crippen LogP contribution in [0.2, 0.25) is 0 Å².